The van der Waals surface area contributed by atoms with Gasteiger partial charge in [0.2, 0.25) is 5.88 Å². The highest BCUT2D eigenvalue weighted by Gasteiger charge is 2.23. The minimum atomic E-state index is 0.645. The zero-order chi connectivity index (χ0) is 13.7. The van der Waals surface area contributed by atoms with Gasteiger partial charge in [0.25, 0.3) is 0 Å². The highest BCUT2D eigenvalue weighted by atomic mass is 16.5. The molecular weight excluding hydrogens is 236 g/mol. The topological polar surface area (TPSA) is 34.1 Å². The molecule has 0 spiro atoms. The third kappa shape index (κ3) is 3.93. The van der Waals surface area contributed by atoms with E-state index in [0.717, 1.165) is 29.8 Å². The summed E-state index contributed by atoms with van der Waals surface area (Å²) in [5, 5.41) is 3.68. The highest BCUT2D eigenvalue weighted by Crippen LogP contribution is 2.30. The van der Waals surface area contributed by atoms with Crippen LogP contribution in [0.1, 0.15) is 45.1 Å². The number of hydrogen-bond acceptors (Lipinski definition) is 3. The van der Waals surface area contributed by atoms with Gasteiger partial charge in [0.1, 0.15) is 0 Å². The summed E-state index contributed by atoms with van der Waals surface area (Å²) in [5.41, 5.74) is 1.15. The highest BCUT2D eigenvalue weighted by molar-refractivity contribution is 5.25. The fourth-order valence-electron chi connectivity index (χ4n) is 3.02. The Morgan fingerprint density at radius 2 is 2.26 bits per heavy atom. The van der Waals surface area contributed by atoms with E-state index in [0.29, 0.717) is 6.04 Å². The summed E-state index contributed by atoms with van der Waals surface area (Å²) in [5.74, 6) is 2.42. The zero-order valence-electron chi connectivity index (χ0n) is 12.4. The number of nitrogens with one attached hydrogen (secondary N) is 1. The second kappa shape index (κ2) is 6.90. The minimum absolute atomic E-state index is 0.645. The van der Waals surface area contributed by atoms with Gasteiger partial charge in [0.15, 0.2) is 0 Å². The van der Waals surface area contributed by atoms with Gasteiger partial charge < -0.3 is 10.1 Å². The van der Waals surface area contributed by atoms with Crippen LogP contribution in [0.25, 0.3) is 0 Å². The third-order valence-electron chi connectivity index (χ3n) is 4.28. The summed E-state index contributed by atoms with van der Waals surface area (Å²) in [4.78, 5) is 4.24. The van der Waals surface area contributed by atoms with Crippen molar-refractivity contribution >= 4 is 0 Å². The Hall–Kier alpha value is -1.09. The van der Waals surface area contributed by atoms with Crippen LogP contribution in [0.5, 0.6) is 5.88 Å². The number of aromatic nitrogens is 1. The fraction of sp³-hybridized carbons (Fsp3) is 0.688. The first kappa shape index (κ1) is 14.3. The van der Waals surface area contributed by atoms with Gasteiger partial charge in [0, 0.05) is 24.3 Å². The Morgan fingerprint density at radius 1 is 1.42 bits per heavy atom. The van der Waals surface area contributed by atoms with Crippen molar-refractivity contribution in [2.45, 2.75) is 52.1 Å². The Kier molecular flexibility index (Phi) is 5.20. The number of nitrogens with zero attached hydrogens (tertiary/aromatic N) is 1. The van der Waals surface area contributed by atoms with Crippen LogP contribution in [0.4, 0.5) is 0 Å². The van der Waals surface area contributed by atoms with Crippen LogP contribution in [0.15, 0.2) is 18.3 Å². The summed E-state index contributed by atoms with van der Waals surface area (Å²) in [6.07, 6.45) is 7.13. The predicted molar refractivity (Wildman–Crippen MR) is 78.2 cm³/mol. The second-order valence-corrected chi connectivity index (χ2v) is 5.92. The van der Waals surface area contributed by atoms with E-state index in [1.54, 1.807) is 13.3 Å². The van der Waals surface area contributed by atoms with Crippen LogP contribution >= 0.6 is 0 Å². The maximum absolute atomic E-state index is 5.29. The summed E-state index contributed by atoms with van der Waals surface area (Å²) >= 11 is 0. The molecule has 1 aliphatic carbocycles. The van der Waals surface area contributed by atoms with Gasteiger partial charge in [-0.05, 0) is 30.7 Å². The van der Waals surface area contributed by atoms with Gasteiger partial charge in [0.05, 0.1) is 7.11 Å². The van der Waals surface area contributed by atoms with Gasteiger partial charge in [-0.1, -0.05) is 32.8 Å². The molecule has 1 fully saturated rings. The molecule has 1 aromatic heterocycles. The minimum Gasteiger partial charge on any atom is -0.481 e. The molecule has 2 unspecified atom stereocenters. The molecule has 19 heavy (non-hydrogen) atoms. The molecule has 0 saturated heterocycles. The second-order valence-electron chi connectivity index (χ2n) is 5.92. The average molecular weight is 262 g/mol. The molecule has 1 heterocycles. The van der Waals surface area contributed by atoms with Crippen LogP contribution in [0, 0.1) is 11.8 Å². The lowest BCUT2D eigenvalue weighted by molar-refractivity contribution is 0.230. The van der Waals surface area contributed by atoms with Crippen molar-refractivity contribution in [1.29, 1.82) is 0 Å². The Labute approximate surface area is 116 Å². The van der Waals surface area contributed by atoms with E-state index in [2.05, 4.69) is 30.2 Å². The number of hydrogen-bond donors (Lipinski definition) is 1. The van der Waals surface area contributed by atoms with Crippen LogP contribution in [0.2, 0.25) is 0 Å². The molecule has 2 rings (SSSR count). The van der Waals surface area contributed by atoms with Crippen LogP contribution in [-0.4, -0.2) is 18.1 Å². The van der Waals surface area contributed by atoms with Gasteiger partial charge in [-0.2, -0.15) is 0 Å². The van der Waals surface area contributed by atoms with Crippen molar-refractivity contribution in [3.05, 3.63) is 23.9 Å². The van der Waals surface area contributed by atoms with E-state index < -0.39 is 0 Å². The molecule has 106 valence electrons. The lowest BCUT2D eigenvalue weighted by Crippen LogP contribution is -2.35. The van der Waals surface area contributed by atoms with Crippen molar-refractivity contribution in [3.63, 3.8) is 0 Å². The Bertz CT molecular complexity index is 392. The molecule has 0 amide bonds. The van der Waals surface area contributed by atoms with Crippen LogP contribution in [0.3, 0.4) is 0 Å². The molecule has 1 N–H and O–H groups in total. The lowest BCUT2D eigenvalue weighted by Gasteiger charge is -2.32. The van der Waals surface area contributed by atoms with Crippen molar-refractivity contribution < 1.29 is 4.74 Å². The first-order valence-electron chi connectivity index (χ1n) is 7.42. The summed E-state index contributed by atoms with van der Waals surface area (Å²) in [6.45, 7) is 5.54. The maximum Gasteiger partial charge on any atom is 0.217 e. The van der Waals surface area contributed by atoms with E-state index in [1.165, 1.54) is 25.7 Å². The van der Waals surface area contributed by atoms with Crippen molar-refractivity contribution in [2.75, 3.05) is 7.11 Å². The SMILES string of the molecule is COc1ncccc1CNC1CCCC(C(C)C)C1. The molecule has 3 heteroatoms. The largest absolute Gasteiger partial charge is 0.481 e. The van der Waals surface area contributed by atoms with Gasteiger partial charge >= 0.3 is 0 Å². The summed E-state index contributed by atoms with van der Waals surface area (Å²) in [7, 11) is 1.68. The average Bonchev–Trinajstić information content (AvgIpc) is 2.45. The summed E-state index contributed by atoms with van der Waals surface area (Å²) < 4.78 is 5.29. The first-order chi connectivity index (χ1) is 9.20. The smallest absolute Gasteiger partial charge is 0.217 e. The molecule has 3 nitrogen and oxygen atoms in total. The van der Waals surface area contributed by atoms with Crippen molar-refractivity contribution in [3.8, 4) is 5.88 Å². The quantitative estimate of drug-likeness (QED) is 0.883. The number of rotatable bonds is 5. The Balaban J connectivity index is 1.88. The normalized spacial score (nSPS) is 23.6. The van der Waals surface area contributed by atoms with Gasteiger partial charge in [-0.25, -0.2) is 4.98 Å². The van der Waals surface area contributed by atoms with Crippen LogP contribution < -0.4 is 10.1 Å². The van der Waals surface area contributed by atoms with Gasteiger partial charge in [-0.3, -0.25) is 0 Å². The van der Waals surface area contributed by atoms with Crippen LogP contribution in [-0.2, 0) is 6.54 Å². The van der Waals surface area contributed by atoms with Gasteiger partial charge in [-0.15, -0.1) is 0 Å². The molecule has 1 aromatic rings. The number of pyridine rings is 1. The van der Waals surface area contributed by atoms with E-state index in [4.69, 9.17) is 4.74 Å². The molecule has 0 radical (unpaired) electrons. The van der Waals surface area contributed by atoms with E-state index in [1.807, 2.05) is 6.07 Å². The van der Waals surface area contributed by atoms with E-state index >= 15 is 0 Å². The van der Waals surface area contributed by atoms with E-state index in [9.17, 15) is 0 Å². The van der Waals surface area contributed by atoms with Crippen molar-refractivity contribution in [2.24, 2.45) is 11.8 Å². The molecule has 0 bridgehead atoms. The van der Waals surface area contributed by atoms with E-state index in [-0.39, 0.29) is 0 Å². The fourth-order valence-corrected chi connectivity index (χ4v) is 3.02. The molecule has 1 aliphatic rings. The van der Waals surface area contributed by atoms with Crippen molar-refractivity contribution in [1.82, 2.24) is 10.3 Å². The zero-order valence-corrected chi connectivity index (χ0v) is 12.4. The molecule has 0 aromatic carbocycles. The molecule has 2 atom stereocenters. The number of ether oxygens (including phenoxy) is 1. The predicted octanol–water partition coefficient (Wildman–Crippen LogP) is 3.39. The molecule has 1 saturated carbocycles. The molecule has 0 aliphatic heterocycles. The molecular formula is C16H26N2O. The Morgan fingerprint density at radius 3 is 3.00 bits per heavy atom. The standard InChI is InChI=1S/C16H26N2O/c1-12(2)13-6-4-8-15(10-13)18-11-14-7-5-9-17-16(14)19-3/h5,7,9,12-13,15,18H,4,6,8,10-11H2,1-3H3. The first-order valence-corrected chi connectivity index (χ1v) is 7.42. The third-order valence-corrected chi connectivity index (χ3v) is 4.28. The monoisotopic (exact) mass is 262 g/mol. The summed E-state index contributed by atoms with van der Waals surface area (Å²) in [6, 6.07) is 4.70. The lowest BCUT2D eigenvalue weighted by atomic mass is 9.79. The maximum atomic E-state index is 5.29. The number of methoxy groups -OCH3 is 1.